The minimum absolute atomic E-state index is 0.0752. The largest absolute Gasteiger partial charge is 0.486 e. The lowest BCUT2D eigenvalue weighted by Gasteiger charge is -2.11. The molecule has 0 aliphatic heterocycles. The molecule has 1 N–H and O–H groups in total. The first-order chi connectivity index (χ1) is 14.4. The van der Waals surface area contributed by atoms with E-state index in [0.29, 0.717) is 22.5 Å². The second kappa shape index (κ2) is 10.00. The average molecular weight is 445 g/mol. The van der Waals surface area contributed by atoms with Crippen molar-refractivity contribution in [3.05, 3.63) is 63.9 Å². The number of hydrogen-bond donors (Lipinski definition) is 1. The maximum atomic E-state index is 12.4. The average Bonchev–Trinajstić information content (AvgIpc) is 3.12. The highest BCUT2D eigenvalue weighted by Gasteiger charge is 2.14. The lowest BCUT2D eigenvalue weighted by atomic mass is 10.1. The molecule has 0 bridgehead atoms. The first-order valence-electron chi connectivity index (χ1n) is 9.69. The highest BCUT2D eigenvalue weighted by Crippen LogP contribution is 2.23. The molecule has 3 aromatic rings. The second-order valence-electron chi connectivity index (χ2n) is 6.93. The van der Waals surface area contributed by atoms with Gasteiger partial charge in [-0.15, -0.1) is 10.2 Å². The van der Waals surface area contributed by atoms with Crippen molar-refractivity contribution in [1.29, 1.82) is 0 Å². The van der Waals surface area contributed by atoms with E-state index < -0.39 is 0 Å². The molecule has 30 heavy (non-hydrogen) atoms. The topological polar surface area (TPSA) is 69.0 Å². The Balaban J connectivity index is 1.60. The zero-order chi connectivity index (χ0) is 21.7. The Morgan fingerprint density at radius 2 is 1.97 bits per heavy atom. The van der Waals surface area contributed by atoms with Crippen molar-refractivity contribution in [1.82, 2.24) is 14.8 Å². The van der Waals surface area contributed by atoms with Crippen LogP contribution in [-0.2, 0) is 17.9 Å². The number of carbonyl (C=O) groups is 1. The van der Waals surface area contributed by atoms with Crippen LogP contribution in [0.5, 0.6) is 5.75 Å². The molecular formula is C22H25ClN4O2S. The van der Waals surface area contributed by atoms with Crippen LogP contribution in [0.2, 0.25) is 5.02 Å². The highest BCUT2D eigenvalue weighted by atomic mass is 35.5. The van der Waals surface area contributed by atoms with Gasteiger partial charge >= 0.3 is 0 Å². The first kappa shape index (κ1) is 22.2. The summed E-state index contributed by atoms with van der Waals surface area (Å²) < 4.78 is 7.80. The standard InChI is InChI=1S/C22H25ClN4O2S/c1-5-27-20(12-29-17-9-10-18(23)15(3)11-17)25-26-22(27)30-13-21(28)24-19-8-6-7-14(2)16(19)4/h6-11H,5,12-13H2,1-4H3,(H,24,28). The zero-order valence-corrected chi connectivity index (χ0v) is 19.1. The number of amides is 1. The molecule has 0 aliphatic rings. The van der Waals surface area contributed by atoms with Gasteiger partial charge in [0.2, 0.25) is 5.91 Å². The number of aromatic nitrogens is 3. The molecule has 1 heterocycles. The van der Waals surface area contributed by atoms with Crippen LogP contribution in [0.1, 0.15) is 29.4 Å². The fourth-order valence-corrected chi connectivity index (χ4v) is 3.85. The van der Waals surface area contributed by atoms with Gasteiger partial charge in [0.05, 0.1) is 5.75 Å². The molecule has 1 amide bonds. The second-order valence-corrected chi connectivity index (χ2v) is 8.28. The van der Waals surface area contributed by atoms with Gasteiger partial charge in [0.25, 0.3) is 0 Å². The normalized spacial score (nSPS) is 10.8. The van der Waals surface area contributed by atoms with Gasteiger partial charge in [0.1, 0.15) is 12.4 Å². The molecular weight excluding hydrogens is 420 g/mol. The summed E-state index contributed by atoms with van der Waals surface area (Å²) in [7, 11) is 0. The molecule has 0 radical (unpaired) electrons. The van der Waals surface area contributed by atoms with Gasteiger partial charge < -0.3 is 14.6 Å². The summed E-state index contributed by atoms with van der Waals surface area (Å²) in [6.45, 7) is 8.95. The number of nitrogens with zero attached hydrogens (tertiary/aromatic N) is 3. The molecule has 0 fully saturated rings. The summed E-state index contributed by atoms with van der Waals surface area (Å²) in [6, 6.07) is 11.4. The van der Waals surface area contributed by atoms with Crippen molar-refractivity contribution in [2.45, 2.75) is 46.0 Å². The van der Waals surface area contributed by atoms with Crippen LogP contribution in [0.15, 0.2) is 41.6 Å². The van der Waals surface area contributed by atoms with Gasteiger partial charge in [-0.3, -0.25) is 4.79 Å². The van der Waals surface area contributed by atoms with Crippen LogP contribution in [0.4, 0.5) is 5.69 Å². The zero-order valence-electron chi connectivity index (χ0n) is 17.5. The monoisotopic (exact) mass is 444 g/mol. The summed E-state index contributed by atoms with van der Waals surface area (Å²) in [5, 5.41) is 12.8. The van der Waals surface area contributed by atoms with Crippen LogP contribution in [-0.4, -0.2) is 26.4 Å². The first-order valence-corrected chi connectivity index (χ1v) is 11.0. The fraction of sp³-hybridized carbons (Fsp3) is 0.318. The van der Waals surface area contributed by atoms with Crippen molar-refractivity contribution >= 4 is 35.0 Å². The van der Waals surface area contributed by atoms with E-state index in [1.54, 1.807) is 0 Å². The van der Waals surface area contributed by atoms with Crippen LogP contribution >= 0.6 is 23.4 Å². The van der Waals surface area contributed by atoms with Crippen LogP contribution < -0.4 is 10.1 Å². The third-order valence-corrected chi connectivity index (χ3v) is 6.21. The molecule has 0 spiro atoms. The van der Waals surface area contributed by atoms with Crippen LogP contribution in [0.3, 0.4) is 0 Å². The molecule has 0 aliphatic carbocycles. The van der Waals surface area contributed by atoms with Crippen molar-refractivity contribution < 1.29 is 9.53 Å². The molecule has 1 aromatic heterocycles. The van der Waals surface area contributed by atoms with Crippen molar-refractivity contribution in [3.8, 4) is 5.75 Å². The maximum Gasteiger partial charge on any atom is 0.234 e. The number of halogens is 1. The molecule has 3 rings (SSSR count). The Bertz CT molecular complexity index is 1050. The third-order valence-electron chi connectivity index (χ3n) is 4.82. The summed E-state index contributed by atoms with van der Waals surface area (Å²) in [6.07, 6.45) is 0. The minimum Gasteiger partial charge on any atom is -0.486 e. The van der Waals surface area contributed by atoms with Crippen LogP contribution in [0.25, 0.3) is 0 Å². The quantitative estimate of drug-likeness (QED) is 0.484. The number of thioether (sulfide) groups is 1. The number of nitrogens with one attached hydrogen (secondary N) is 1. The van der Waals surface area contributed by atoms with E-state index in [1.165, 1.54) is 11.8 Å². The molecule has 0 unspecified atom stereocenters. The Hall–Kier alpha value is -2.51. The molecule has 0 saturated carbocycles. The predicted octanol–water partition coefficient (Wildman–Crippen LogP) is 5.19. The number of aryl methyl sites for hydroxylation is 2. The number of carbonyl (C=O) groups excluding carboxylic acids is 1. The Morgan fingerprint density at radius 1 is 1.17 bits per heavy atom. The Kier molecular flexibility index (Phi) is 7.39. The van der Waals surface area contributed by atoms with Gasteiger partial charge in [-0.25, -0.2) is 0 Å². The van der Waals surface area contributed by atoms with E-state index in [9.17, 15) is 4.79 Å². The summed E-state index contributed by atoms with van der Waals surface area (Å²) in [4.78, 5) is 12.4. The minimum atomic E-state index is -0.0752. The number of benzene rings is 2. The summed E-state index contributed by atoms with van der Waals surface area (Å²) >= 11 is 7.42. The van der Waals surface area contributed by atoms with Gasteiger partial charge in [0.15, 0.2) is 11.0 Å². The van der Waals surface area contributed by atoms with Crippen LogP contribution in [0, 0.1) is 20.8 Å². The third kappa shape index (κ3) is 5.34. The number of hydrogen-bond acceptors (Lipinski definition) is 5. The van der Waals surface area contributed by atoms with Gasteiger partial charge in [-0.05, 0) is 68.7 Å². The SMILES string of the molecule is CCn1c(COc2ccc(Cl)c(C)c2)nnc1SCC(=O)Nc1cccc(C)c1C. The van der Waals surface area contributed by atoms with E-state index in [4.69, 9.17) is 16.3 Å². The molecule has 158 valence electrons. The Labute approximate surface area is 186 Å². The molecule has 0 atom stereocenters. The molecule has 0 saturated heterocycles. The van der Waals surface area contributed by atoms with E-state index in [-0.39, 0.29) is 18.3 Å². The van der Waals surface area contributed by atoms with E-state index in [2.05, 4.69) is 15.5 Å². The number of anilines is 1. The fourth-order valence-electron chi connectivity index (χ4n) is 2.91. The van der Waals surface area contributed by atoms with Crippen molar-refractivity contribution in [2.24, 2.45) is 0 Å². The molecule has 8 heteroatoms. The lowest BCUT2D eigenvalue weighted by molar-refractivity contribution is -0.113. The van der Waals surface area contributed by atoms with E-state index >= 15 is 0 Å². The predicted molar refractivity (Wildman–Crippen MR) is 121 cm³/mol. The van der Waals surface area contributed by atoms with Crippen molar-refractivity contribution in [3.63, 3.8) is 0 Å². The summed E-state index contributed by atoms with van der Waals surface area (Å²) in [5.74, 6) is 1.61. The number of ether oxygens (including phenoxy) is 1. The lowest BCUT2D eigenvalue weighted by Crippen LogP contribution is -2.16. The van der Waals surface area contributed by atoms with E-state index in [1.807, 2.05) is 68.7 Å². The molecule has 2 aromatic carbocycles. The smallest absolute Gasteiger partial charge is 0.234 e. The van der Waals surface area contributed by atoms with Gasteiger partial charge in [-0.1, -0.05) is 35.5 Å². The molecule has 6 nitrogen and oxygen atoms in total. The van der Waals surface area contributed by atoms with Gasteiger partial charge in [-0.2, -0.15) is 0 Å². The van der Waals surface area contributed by atoms with Gasteiger partial charge in [0, 0.05) is 17.3 Å². The Morgan fingerprint density at radius 3 is 2.70 bits per heavy atom. The summed E-state index contributed by atoms with van der Waals surface area (Å²) in [5.41, 5.74) is 4.01. The van der Waals surface area contributed by atoms with Crippen molar-refractivity contribution in [2.75, 3.05) is 11.1 Å². The highest BCUT2D eigenvalue weighted by molar-refractivity contribution is 7.99. The van der Waals surface area contributed by atoms with E-state index in [0.717, 1.165) is 28.1 Å². The maximum absolute atomic E-state index is 12.4. The number of rotatable bonds is 8.